The van der Waals surface area contributed by atoms with E-state index in [9.17, 15) is 18.0 Å². The summed E-state index contributed by atoms with van der Waals surface area (Å²) in [6.07, 6.45) is 0. The lowest BCUT2D eigenvalue weighted by Crippen LogP contribution is -2.21. The van der Waals surface area contributed by atoms with Crippen molar-refractivity contribution in [2.24, 2.45) is 0 Å². The van der Waals surface area contributed by atoms with Gasteiger partial charge < -0.3 is 0 Å². The highest BCUT2D eigenvalue weighted by Crippen LogP contribution is 2.30. The maximum absolute atomic E-state index is 12.9. The van der Waals surface area contributed by atoms with Gasteiger partial charge in [-0.25, -0.2) is 4.39 Å². The number of hydrogen-bond donors (Lipinski definition) is 0. The van der Waals surface area contributed by atoms with Gasteiger partial charge in [0.05, 0.1) is 10.0 Å². The van der Waals surface area contributed by atoms with Crippen molar-refractivity contribution in [3.05, 3.63) is 33.6 Å². The van der Waals surface area contributed by atoms with Crippen LogP contribution in [0.15, 0.2) is 12.1 Å². The van der Waals surface area contributed by atoms with E-state index in [-0.39, 0.29) is 0 Å². The minimum atomic E-state index is -4.06. The van der Waals surface area contributed by atoms with Crippen molar-refractivity contribution in [2.45, 2.75) is 5.38 Å². The zero-order valence-electron chi connectivity index (χ0n) is 6.83. The highest BCUT2D eigenvalue weighted by molar-refractivity contribution is 6.38. The number of carbonyl (C=O) groups excluding carboxylic acids is 1. The lowest BCUT2D eigenvalue weighted by molar-refractivity contribution is 0.0536. The van der Waals surface area contributed by atoms with Gasteiger partial charge in [-0.3, -0.25) is 4.79 Å². The largest absolute Gasteiger partial charge is 0.384 e. The third kappa shape index (κ3) is 2.77. The number of ketones is 1. The molecule has 0 unspecified atom stereocenters. The van der Waals surface area contributed by atoms with Crippen molar-refractivity contribution >= 4 is 40.6 Å². The van der Waals surface area contributed by atoms with Crippen LogP contribution >= 0.6 is 34.8 Å². The van der Waals surface area contributed by atoms with Crippen LogP contribution in [0.3, 0.4) is 0 Å². The first kappa shape index (κ1) is 12.6. The normalized spacial score (nSPS) is 11.6. The molecule has 82 valence electrons. The molecule has 0 fully saturated rings. The Balaban J connectivity index is 3.24. The lowest BCUT2D eigenvalue weighted by Gasteiger charge is -2.07. The Morgan fingerprint density at radius 3 is 1.93 bits per heavy atom. The van der Waals surface area contributed by atoms with E-state index in [0.29, 0.717) is 0 Å². The molecule has 0 N–H and O–H groups in total. The maximum atomic E-state index is 12.9. The molecule has 0 aliphatic rings. The van der Waals surface area contributed by atoms with Crippen molar-refractivity contribution in [1.29, 1.82) is 0 Å². The van der Waals surface area contributed by atoms with Crippen molar-refractivity contribution in [3.8, 4) is 0 Å². The number of Topliss-reactive ketones (excluding diaryl/α,β-unsaturated/α-hetero) is 1. The van der Waals surface area contributed by atoms with Crippen LogP contribution in [-0.4, -0.2) is 11.2 Å². The molecular formula is C8H2Cl3F3O. The first-order valence-corrected chi connectivity index (χ1v) is 4.63. The Bertz CT molecular complexity index is 391. The van der Waals surface area contributed by atoms with E-state index in [1.54, 1.807) is 0 Å². The van der Waals surface area contributed by atoms with Crippen molar-refractivity contribution in [1.82, 2.24) is 0 Å². The second-order valence-corrected chi connectivity index (χ2v) is 3.87. The lowest BCUT2D eigenvalue weighted by atomic mass is 10.1. The second-order valence-electron chi connectivity index (χ2n) is 2.58. The zero-order chi connectivity index (χ0) is 11.8. The van der Waals surface area contributed by atoms with Crippen molar-refractivity contribution in [2.75, 3.05) is 0 Å². The van der Waals surface area contributed by atoms with Crippen molar-refractivity contribution in [3.63, 3.8) is 0 Å². The van der Waals surface area contributed by atoms with Crippen LogP contribution in [0.25, 0.3) is 0 Å². The summed E-state index contributed by atoms with van der Waals surface area (Å²) in [7, 11) is 0. The molecule has 0 heterocycles. The number of carbonyl (C=O) groups is 1. The summed E-state index contributed by atoms with van der Waals surface area (Å²) in [5.41, 5.74) is -0.550. The average Bonchev–Trinajstić information content (AvgIpc) is 2.10. The second kappa shape index (κ2) is 4.20. The molecule has 0 saturated heterocycles. The predicted molar refractivity (Wildman–Crippen MR) is 51.6 cm³/mol. The quantitative estimate of drug-likeness (QED) is 0.451. The summed E-state index contributed by atoms with van der Waals surface area (Å²) in [5.74, 6) is -2.67. The van der Waals surface area contributed by atoms with Gasteiger partial charge in [0.1, 0.15) is 0 Å². The van der Waals surface area contributed by atoms with E-state index >= 15 is 0 Å². The topological polar surface area (TPSA) is 17.1 Å². The fraction of sp³-hybridized carbons (Fsp3) is 0.125. The minimum absolute atomic E-state index is 0.522. The highest BCUT2D eigenvalue weighted by Gasteiger charge is 2.37. The molecule has 0 saturated carbocycles. The molecular weight excluding hydrogens is 275 g/mol. The molecule has 0 bridgehead atoms. The van der Waals surface area contributed by atoms with Crippen LogP contribution in [0.5, 0.6) is 0 Å². The molecule has 7 heteroatoms. The number of benzene rings is 1. The van der Waals surface area contributed by atoms with E-state index in [2.05, 4.69) is 11.6 Å². The molecule has 0 radical (unpaired) electrons. The van der Waals surface area contributed by atoms with E-state index in [1.807, 2.05) is 0 Å². The maximum Gasteiger partial charge on any atom is 0.384 e. The number of halogens is 6. The minimum Gasteiger partial charge on any atom is -0.286 e. The molecule has 1 nitrogen and oxygen atoms in total. The monoisotopic (exact) mass is 276 g/mol. The fourth-order valence-corrected chi connectivity index (χ4v) is 1.45. The SMILES string of the molecule is O=C(c1cc(Cl)c(F)c(Cl)c1)C(F)(F)Cl. The third-order valence-electron chi connectivity index (χ3n) is 1.50. The Hall–Kier alpha value is -0.450. The smallest absolute Gasteiger partial charge is 0.286 e. The summed E-state index contributed by atoms with van der Waals surface area (Å²) >= 11 is 15.1. The Kier molecular flexibility index (Phi) is 3.53. The molecule has 0 aliphatic carbocycles. The van der Waals surface area contributed by atoms with Gasteiger partial charge in [-0.05, 0) is 23.7 Å². The molecule has 0 aromatic heterocycles. The Labute approximate surface area is 97.7 Å². The predicted octanol–water partition coefficient (Wildman–Crippen LogP) is 4.15. The zero-order valence-corrected chi connectivity index (χ0v) is 9.10. The fourth-order valence-electron chi connectivity index (χ4n) is 0.850. The van der Waals surface area contributed by atoms with Gasteiger partial charge in [0.25, 0.3) is 0 Å². The molecule has 0 atom stereocenters. The molecule has 1 aromatic rings. The van der Waals surface area contributed by atoms with Crippen LogP contribution in [-0.2, 0) is 0 Å². The summed E-state index contributed by atoms with van der Waals surface area (Å²) in [6.45, 7) is 0. The van der Waals surface area contributed by atoms with Gasteiger partial charge in [0, 0.05) is 5.56 Å². The Morgan fingerprint density at radius 2 is 1.60 bits per heavy atom. The molecule has 0 amide bonds. The summed E-state index contributed by atoms with van der Waals surface area (Å²) in [4.78, 5) is 11.0. The number of hydrogen-bond acceptors (Lipinski definition) is 1. The van der Waals surface area contributed by atoms with E-state index in [0.717, 1.165) is 12.1 Å². The van der Waals surface area contributed by atoms with Gasteiger partial charge in [-0.1, -0.05) is 23.2 Å². The summed E-state index contributed by atoms with van der Waals surface area (Å²) in [6, 6.07) is 1.47. The molecule has 0 aliphatic heterocycles. The van der Waals surface area contributed by atoms with Gasteiger partial charge >= 0.3 is 5.38 Å². The molecule has 1 rings (SSSR count). The Morgan fingerprint density at radius 1 is 1.20 bits per heavy atom. The van der Waals surface area contributed by atoms with E-state index in [4.69, 9.17) is 23.2 Å². The van der Waals surface area contributed by atoms with Crippen LogP contribution in [0.2, 0.25) is 10.0 Å². The van der Waals surface area contributed by atoms with Crippen LogP contribution in [0, 0.1) is 5.82 Å². The first-order valence-electron chi connectivity index (χ1n) is 3.49. The summed E-state index contributed by atoms with van der Waals surface area (Å²) in [5, 5.41) is -5.11. The van der Waals surface area contributed by atoms with Gasteiger partial charge in [-0.15, -0.1) is 0 Å². The highest BCUT2D eigenvalue weighted by atomic mass is 35.5. The van der Waals surface area contributed by atoms with Gasteiger partial charge in [-0.2, -0.15) is 8.78 Å². The standard InChI is InChI=1S/C8H2Cl3F3O/c9-4-1-3(2-5(10)6(4)12)7(15)8(11,13)14/h1-2H. The first-order chi connectivity index (χ1) is 6.73. The van der Waals surface area contributed by atoms with E-state index < -0.39 is 32.6 Å². The molecule has 15 heavy (non-hydrogen) atoms. The van der Waals surface area contributed by atoms with Crippen LogP contribution in [0.1, 0.15) is 10.4 Å². The average molecular weight is 277 g/mol. The van der Waals surface area contributed by atoms with E-state index in [1.165, 1.54) is 0 Å². The van der Waals surface area contributed by atoms with Crippen molar-refractivity contribution < 1.29 is 18.0 Å². The van der Waals surface area contributed by atoms with Gasteiger partial charge in [0.2, 0.25) is 5.78 Å². The summed E-state index contributed by atoms with van der Waals surface area (Å²) < 4.78 is 37.7. The van der Waals surface area contributed by atoms with Gasteiger partial charge in [0.15, 0.2) is 5.82 Å². The molecule has 1 aromatic carbocycles. The number of rotatable bonds is 2. The molecule has 0 spiro atoms. The van der Waals surface area contributed by atoms with Crippen LogP contribution in [0.4, 0.5) is 13.2 Å². The third-order valence-corrected chi connectivity index (χ3v) is 2.23. The van der Waals surface area contributed by atoms with Crippen LogP contribution < -0.4 is 0 Å². The number of alkyl halides is 3.